The lowest BCUT2D eigenvalue weighted by Crippen LogP contribution is -2.38. The molecule has 0 saturated heterocycles. The largest absolute Gasteiger partial charge is 0.481 e. The van der Waals surface area contributed by atoms with Crippen molar-refractivity contribution in [3.63, 3.8) is 0 Å². The van der Waals surface area contributed by atoms with Crippen LogP contribution in [0, 0.1) is 0 Å². The third-order valence-electron chi connectivity index (χ3n) is 5.40. The van der Waals surface area contributed by atoms with Crippen LogP contribution < -0.4 is 10.6 Å². The fourth-order valence-electron chi connectivity index (χ4n) is 3.71. The molecule has 0 bridgehead atoms. The topological polar surface area (TPSA) is 144 Å². The highest BCUT2D eigenvalue weighted by Crippen LogP contribution is 2.22. The van der Waals surface area contributed by atoms with Gasteiger partial charge in [0.25, 0.3) is 11.8 Å². The molecule has 3 N–H and O–H groups in total. The van der Waals surface area contributed by atoms with E-state index in [2.05, 4.69) is 20.7 Å². The van der Waals surface area contributed by atoms with E-state index in [1.165, 1.54) is 17.5 Å². The molecule has 1 atom stereocenters. The van der Waals surface area contributed by atoms with Crippen LogP contribution in [-0.4, -0.2) is 35.5 Å². The van der Waals surface area contributed by atoms with Crippen molar-refractivity contribution in [3.8, 4) is 0 Å². The van der Waals surface area contributed by atoms with Crippen LogP contribution in [0.15, 0.2) is 47.6 Å². The maximum atomic E-state index is 12.5. The highest BCUT2D eigenvalue weighted by Gasteiger charge is 2.17. The van der Waals surface area contributed by atoms with Crippen molar-refractivity contribution in [1.82, 2.24) is 10.6 Å². The number of rotatable bonds is 9. The second-order valence-electron chi connectivity index (χ2n) is 7.75. The summed E-state index contributed by atoms with van der Waals surface area (Å²) in [6, 6.07) is 11.7. The lowest BCUT2D eigenvalue weighted by Gasteiger charge is -2.16. The number of nitrogens with one attached hydrogen (secondary N) is 2. The first kappa shape index (κ1) is 22.8. The first-order chi connectivity index (χ1) is 15.5. The zero-order valence-corrected chi connectivity index (χ0v) is 17.6. The van der Waals surface area contributed by atoms with Gasteiger partial charge in [0.1, 0.15) is 0 Å². The van der Waals surface area contributed by atoms with Gasteiger partial charge in [0.2, 0.25) is 0 Å². The molecule has 1 aliphatic carbocycles. The van der Waals surface area contributed by atoms with E-state index in [-0.39, 0.29) is 18.9 Å². The molecular formula is C23H25N5O4. The average molecular weight is 435 g/mol. The number of carboxylic acids is 1. The molecule has 0 aliphatic heterocycles. The fourth-order valence-corrected chi connectivity index (χ4v) is 3.71. The number of nitrogens with zero attached hydrogens (tertiary/aromatic N) is 3. The standard InChI is InChI=1S/C23H25N5O4/c24-28-26-14-20(12-21(29)30)27-23(32)17-7-5-15(6-8-17)13-25-22(31)19-10-9-16-3-1-2-4-18(16)11-19/h5-11,20H,1-4,12-14H2,(H,25,31)(H,27,32)(H,29,30)/t20-/m0/s1. The predicted molar refractivity (Wildman–Crippen MR) is 118 cm³/mol. The van der Waals surface area contributed by atoms with E-state index in [1.54, 1.807) is 24.3 Å². The number of amides is 2. The Kier molecular flexibility index (Phi) is 7.83. The molecule has 0 radical (unpaired) electrons. The first-order valence-electron chi connectivity index (χ1n) is 10.5. The van der Waals surface area contributed by atoms with Crippen LogP contribution in [0.4, 0.5) is 0 Å². The minimum atomic E-state index is -1.10. The first-order valence-corrected chi connectivity index (χ1v) is 10.5. The number of aryl methyl sites for hydroxylation is 2. The highest BCUT2D eigenvalue weighted by atomic mass is 16.4. The molecule has 0 unspecified atom stereocenters. The summed E-state index contributed by atoms with van der Waals surface area (Å²) < 4.78 is 0. The van der Waals surface area contributed by atoms with Gasteiger partial charge in [0.05, 0.1) is 6.42 Å². The second-order valence-corrected chi connectivity index (χ2v) is 7.75. The van der Waals surface area contributed by atoms with Crippen molar-refractivity contribution < 1.29 is 19.5 Å². The summed E-state index contributed by atoms with van der Waals surface area (Å²) >= 11 is 0. The Morgan fingerprint density at radius 2 is 1.69 bits per heavy atom. The summed E-state index contributed by atoms with van der Waals surface area (Å²) in [4.78, 5) is 38.4. The highest BCUT2D eigenvalue weighted by molar-refractivity contribution is 5.95. The molecule has 32 heavy (non-hydrogen) atoms. The Labute approximate surface area is 185 Å². The molecule has 1 aliphatic rings. The smallest absolute Gasteiger partial charge is 0.305 e. The maximum Gasteiger partial charge on any atom is 0.305 e. The quantitative estimate of drug-likeness (QED) is 0.315. The Balaban J connectivity index is 1.55. The van der Waals surface area contributed by atoms with E-state index in [4.69, 9.17) is 10.6 Å². The van der Waals surface area contributed by atoms with E-state index in [9.17, 15) is 14.4 Å². The summed E-state index contributed by atoms with van der Waals surface area (Å²) in [6.07, 6.45) is 4.08. The average Bonchev–Trinajstić information content (AvgIpc) is 2.80. The molecule has 166 valence electrons. The number of carbonyl (C=O) groups excluding carboxylic acids is 2. The molecule has 2 amide bonds. The van der Waals surface area contributed by atoms with Crippen LogP contribution in [-0.2, 0) is 24.2 Å². The van der Waals surface area contributed by atoms with Gasteiger partial charge in [-0.05, 0) is 72.2 Å². The summed E-state index contributed by atoms with van der Waals surface area (Å²) in [6.45, 7) is 0.164. The number of azide groups is 1. The normalized spacial score (nSPS) is 13.2. The molecular weight excluding hydrogens is 410 g/mol. The third kappa shape index (κ3) is 6.33. The molecule has 0 spiro atoms. The molecule has 9 heteroatoms. The van der Waals surface area contributed by atoms with Gasteiger partial charge >= 0.3 is 5.97 Å². The van der Waals surface area contributed by atoms with E-state index < -0.39 is 17.9 Å². The van der Waals surface area contributed by atoms with Gasteiger partial charge in [0.15, 0.2) is 0 Å². The Morgan fingerprint density at radius 1 is 1.00 bits per heavy atom. The summed E-state index contributed by atoms with van der Waals surface area (Å²) in [7, 11) is 0. The number of benzene rings is 2. The molecule has 0 fully saturated rings. The second kappa shape index (κ2) is 11.0. The van der Waals surface area contributed by atoms with Crippen LogP contribution in [0.3, 0.4) is 0 Å². The number of carboxylic acid groups (broad SMARTS) is 1. The van der Waals surface area contributed by atoms with E-state index in [0.29, 0.717) is 17.7 Å². The van der Waals surface area contributed by atoms with Crippen molar-refractivity contribution in [2.45, 2.75) is 44.7 Å². The summed E-state index contributed by atoms with van der Waals surface area (Å²) in [5.74, 6) is -1.71. The summed E-state index contributed by atoms with van der Waals surface area (Å²) in [5, 5.41) is 17.7. The van der Waals surface area contributed by atoms with Crippen LogP contribution in [0.5, 0.6) is 0 Å². The van der Waals surface area contributed by atoms with Gasteiger partial charge < -0.3 is 15.7 Å². The molecule has 9 nitrogen and oxygen atoms in total. The SMILES string of the molecule is [N-]=[N+]=NC[C@H](CC(=O)O)NC(=O)c1ccc(CNC(=O)c2ccc3c(c2)CCCC3)cc1. The number of aliphatic carboxylic acids is 1. The van der Waals surface area contributed by atoms with Crippen LogP contribution >= 0.6 is 0 Å². The van der Waals surface area contributed by atoms with Crippen LogP contribution in [0.1, 0.15) is 56.7 Å². The molecule has 0 heterocycles. The monoisotopic (exact) mass is 435 g/mol. The minimum Gasteiger partial charge on any atom is -0.481 e. The van der Waals surface area contributed by atoms with Gasteiger partial charge in [-0.3, -0.25) is 14.4 Å². The number of carbonyl (C=O) groups is 3. The van der Waals surface area contributed by atoms with E-state index in [1.807, 2.05) is 18.2 Å². The Hall–Kier alpha value is -3.84. The van der Waals surface area contributed by atoms with Crippen LogP contribution in [0.25, 0.3) is 10.4 Å². The zero-order valence-electron chi connectivity index (χ0n) is 17.6. The van der Waals surface area contributed by atoms with Gasteiger partial charge in [-0.2, -0.15) is 0 Å². The van der Waals surface area contributed by atoms with Crippen molar-refractivity contribution >= 4 is 17.8 Å². The predicted octanol–water partition coefficient (Wildman–Crippen LogP) is 3.38. The molecule has 0 saturated carbocycles. The van der Waals surface area contributed by atoms with Crippen molar-refractivity contribution in [3.05, 3.63) is 80.7 Å². The minimum absolute atomic E-state index is 0.144. The molecule has 0 aromatic heterocycles. The van der Waals surface area contributed by atoms with Gasteiger partial charge in [-0.25, -0.2) is 0 Å². The number of hydrogen-bond donors (Lipinski definition) is 3. The summed E-state index contributed by atoms with van der Waals surface area (Å²) in [5.41, 5.74) is 12.8. The molecule has 3 rings (SSSR count). The van der Waals surface area contributed by atoms with Gasteiger partial charge in [-0.15, -0.1) is 0 Å². The van der Waals surface area contributed by atoms with Crippen molar-refractivity contribution in [2.24, 2.45) is 5.11 Å². The van der Waals surface area contributed by atoms with Crippen molar-refractivity contribution in [2.75, 3.05) is 6.54 Å². The lowest BCUT2D eigenvalue weighted by atomic mass is 9.90. The Bertz CT molecular complexity index is 1040. The van der Waals surface area contributed by atoms with E-state index in [0.717, 1.165) is 24.8 Å². The Morgan fingerprint density at radius 3 is 2.38 bits per heavy atom. The van der Waals surface area contributed by atoms with Gasteiger partial charge in [0, 0.05) is 35.2 Å². The molecule has 2 aromatic rings. The van der Waals surface area contributed by atoms with Crippen LogP contribution in [0.2, 0.25) is 0 Å². The number of fused-ring (bicyclic) bond motifs is 1. The molecule has 2 aromatic carbocycles. The van der Waals surface area contributed by atoms with Crippen molar-refractivity contribution in [1.29, 1.82) is 0 Å². The number of hydrogen-bond acceptors (Lipinski definition) is 4. The van der Waals surface area contributed by atoms with E-state index >= 15 is 0 Å². The van der Waals surface area contributed by atoms with Gasteiger partial charge in [-0.1, -0.05) is 23.3 Å². The third-order valence-corrected chi connectivity index (χ3v) is 5.40. The fraction of sp³-hybridized carbons (Fsp3) is 0.348. The lowest BCUT2D eigenvalue weighted by molar-refractivity contribution is -0.137. The zero-order chi connectivity index (χ0) is 22.9. The maximum absolute atomic E-state index is 12.5.